The number of nitrogens with one attached hydrogen (secondary N) is 2. The first kappa shape index (κ1) is 15.3. The third-order valence-electron chi connectivity index (χ3n) is 2.92. The molecule has 0 radical (unpaired) electrons. The van der Waals surface area contributed by atoms with Gasteiger partial charge in [0, 0.05) is 18.3 Å². The Labute approximate surface area is 122 Å². The fourth-order valence-corrected chi connectivity index (χ4v) is 1.83. The van der Waals surface area contributed by atoms with Crippen molar-refractivity contribution >= 4 is 17.6 Å². The molecule has 7 heteroatoms. The summed E-state index contributed by atoms with van der Waals surface area (Å²) in [6, 6.07) is 6.45. The number of morpholine rings is 1. The number of methoxy groups -OCH3 is 1. The Kier molecular flexibility index (Phi) is 5.53. The fourth-order valence-electron chi connectivity index (χ4n) is 1.83. The Hall–Kier alpha value is -2.12. The number of carbonyl (C=O) groups excluding carboxylic acids is 2. The minimum Gasteiger partial charge on any atom is -0.482 e. The number of hydrogen-bond acceptors (Lipinski definition) is 6. The first-order valence-electron chi connectivity index (χ1n) is 6.60. The zero-order chi connectivity index (χ0) is 15.1. The second kappa shape index (κ2) is 7.61. The SMILES string of the molecule is COC(=O)COc1cccc(NC(=O)C2COCCN2)c1. The molecule has 2 rings (SSSR count). The summed E-state index contributed by atoms with van der Waals surface area (Å²) >= 11 is 0. The van der Waals surface area contributed by atoms with Gasteiger partial charge < -0.3 is 24.8 Å². The van der Waals surface area contributed by atoms with Crippen molar-refractivity contribution in [3.05, 3.63) is 24.3 Å². The van der Waals surface area contributed by atoms with Gasteiger partial charge >= 0.3 is 5.97 Å². The largest absolute Gasteiger partial charge is 0.482 e. The minimum absolute atomic E-state index is 0.167. The lowest BCUT2D eigenvalue weighted by Crippen LogP contribution is -2.48. The Morgan fingerprint density at radius 2 is 2.33 bits per heavy atom. The van der Waals surface area contributed by atoms with Gasteiger partial charge in [-0.15, -0.1) is 0 Å². The van der Waals surface area contributed by atoms with Crippen LogP contribution in [-0.4, -0.2) is 51.4 Å². The Morgan fingerprint density at radius 3 is 3.05 bits per heavy atom. The molecule has 0 aliphatic carbocycles. The summed E-state index contributed by atoms with van der Waals surface area (Å²) < 4.78 is 15.0. The number of esters is 1. The molecular formula is C14H18N2O5. The molecule has 1 aliphatic heterocycles. The lowest BCUT2D eigenvalue weighted by molar-refractivity contribution is -0.142. The number of amides is 1. The minimum atomic E-state index is -0.465. The van der Waals surface area contributed by atoms with Gasteiger partial charge in [-0.25, -0.2) is 4.79 Å². The molecule has 2 N–H and O–H groups in total. The zero-order valence-electron chi connectivity index (χ0n) is 11.8. The molecule has 1 aromatic rings. The van der Waals surface area contributed by atoms with Gasteiger partial charge in [0.05, 0.1) is 20.3 Å². The Bertz CT molecular complexity index is 500. The van der Waals surface area contributed by atoms with Crippen LogP contribution in [0.25, 0.3) is 0 Å². The molecule has 7 nitrogen and oxygen atoms in total. The van der Waals surface area contributed by atoms with Crippen molar-refractivity contribution < 1.29 is 23.8 Å². The first-order chi connectivity index (χ1) is 10.2. The number of carbonyl (C=O) groups is 2. The topological polar surface area (TPSA) is 85.9 Å². The van der Waals surface area contributed by atoms with Gasteiger partial charge in [0.25, 0.3) is 0 Å². The summed E-state index contributed by atoms with van der Waals surface area (Å²) in [6.45, 7) is 1.44. The molecule has 114 valence electrons. The summed E-state index contributed by atoms with van der Waals surface area (Å²) in [7, 11) is 1.29. The predicted molar refractivity (Wildman–Crippen MR) is 75.2 cm³/mol. The number of benzene rings is 1. The molecule has 1 fully saturated rings. The molecule has 0 bridgehead atoms. The highest BCUT2D eigenvalue weighted by Gasteiger charge is 2.21. The van der Waals surface area contributed by atoms with E-state index in [1.807, 2.05) is 0 Å². The van der Waals surface area contributed by atoms with E-state index in [2.05, 4.69) is 15.4 Å². The molecule has 1 heterocycles. The second-order valence-corrected chi connectivity index (χ2v) is 4.46. The van der Waals surface area contributed by atoms with E-state index in [0.717, 1.165) is 0 Å². The number of anilines is 1. The van der Waals surface area contributed by atoms with Crippen molar-refractivity contribution in [3.8, 4) is 5.75 Å². The maximum atomic E-state index is 12.0. The van der Waals surface area contributed by atoms with E-state index >= 15 is 0 Å². The highest BCUT2D eigenvalue weighted by Crippen LogP contribution is 2.17. The van der Waals surface area contributed by atoms with E-state index in [0.29, 0.717) is 31.2 Å². The van der Waals surface area contributed by atoms with Crippen LogP contribution in [0, 0.1) is 0 Å². The monoisotopic (exact) mass is 294 g/mol. The Balaban J connectivity index is 1.90. The summed E-state index contributed by atoms with van der Waals surface area (Å²) in [6.07, 6.45) is 0. The lowest BCUT2D eigenvalue weighted by Gasteiger charge is -2.22. The zero-order valence-corrected chi connectivity index (χ0v) is 11.8. The van der Waals surface area contributed by atoms with Crippen molar-refractivity contribution in [2.75, 3.05) is 38.8 Å². The second-order valence-electron chi connectivity index (χ2n) is 4.46. The Morgan fingerprint density at radius 1 is 1.48 bits per heavy atom. The van der Waals surface area contributed by atoms with Gasteiger partial charge in [-0.3, -0.25) is 4.79 Å². The van der Waals surface area contributed by atoms with Crippen LogP contribution in [-0.2, 0) is 19.1 Å². The molecule has 1 unspecified atom stereocenters. The van der Waals surface area contributed by atoms with Gasteiger partial charge in [-0.1, -0.05) is 6.07 Å². The van der Waals surface area contributed by atoms with E-state index in [1.165, 1.54) is 7.11 Å². The maximum absolute atomic E-state index is 12.0. The summed E-state index contributed by atoms with van der Waals surface area (Å²) in [5, 5.41) is 5.85. The maximum Gasteiger partial charge on any atom is 0.343 e. The van der Waals surface area contributed by atoms with Gasteiger partial charge in [-0.2, -0.15) is 0 Å². The highest BCUT2D eigenvalue weighted by atomic mass is 16.6. The highest BCUT2D eigenvalue weighted by molar-refractivity contribution is 5.95. The molecule has 0 spiro atoms. The summed E-state index contributed by atoms with van der Waals surface area (Å²) in [5.41, 5.74) is 0.592. The lowest BCUT2D eigenvalue weighted by atomic mass is 10.2. The van der Waals surface area contributed by atoms with Crippen LogP contribution in [0.3, 0.4) is 0 Å². The van der Waals surface area contributed by atoms with Crippen LogP contribution in [0.4, 0.5) is 5.69 Å². The van der Waals surface area contributed by atoms with Gasteiger partial charge in [-0.05, 0) is 12.1 Å². The third kappa shape index (κ3) is 4.73. The van der Waals surface area contributed by atoms with Crippen molar-refractivity contribution in [1.29, 1.82) is 0 Å². The van der Waals surface area contributed by atoms with Crippen LogP contribution in [0.15, 0.2) is 24.3 Å². The molecule has 0 aromatic heterocycles. The summed E-state index contributed by atoms with van der Waals surface area (Å²) in [5.74, 6) is -0.154. The van der Waals surface area contributed by atoms with Crippen LogP contribution in [0.5, 0.6) is 5.75 Å². The molecule has 1 saturated heterocycles. The molecule has 1 atom stereocenters. The van der Waals surface area contributed by atoms with E-state index in [9.17, 15) is 9.59 Å². The fraction of sp³-hybridized carbons (Fsp3) is 0.429. The number of hydrogen-bond donors (Lipinski definition) is 2. The van der Waals surface area contributed by atoms with E-state index < -0.39 is 5.97 Å². The number of ether oxygens (including phenoxy) is 3. The average molecular weight is 294 g/mol. The van der Waals surface area contributed by atoms with Crippen molar-refractivity contribution in [2.24, 2.45) is 0 Å². The van der Waals surface area contributed by atoms with Crippen LogP contribution < -0.4 is 15.4 Å². The van der Waals surface area contributed by atoms with Crippen LogP contribution >= 0.6 is 0 Å². The molecule has 1 aromatic carbocycles. The van der Waals surface area contributed by atoms with Crippen LogP contribution in [0.1, 0.15) is 0 Å². The predicted octanol–water partition coefficient (Wildman–Crippen LogP) is 0.165. The molecular weight excluding hydrogens is 276 g/mol. The third-order valence-corrected chi connectivity index (χ3v) is 2.92. The quantitative estimate of drug-likeness (QED) is 0.753. The van der Waals surface area contributed by atoms with Crippen LogP contribution in [0.2, 0.25) is 0 Å². The van der Waals surface area contributed by atoms with Gasteiger partial charge in [0.2, 0.25) is 5.91 Å². The molecule has 1 aliphatic rings. The van der Waals surface area contributed by atoms with Crippen molar-refractivity contribution in [1.82, 2.24) is 5.32 Å². The molecule has 0 saturated carbocycles. The molecule has 1 amide bonds. The standard InChI is InChI=1S/C14H18N2O5/c1-19-13(17)9-21-11-4-2-3-10(7-11)16-14(18)12-8-20-6-5-15-12/h2-4,7,12,15H,5-6,8-9H2,1H3,(H,16,18). The van der Waals surface area contributed by atoms with Crippen molar-refractivity contribution in [3.63, 3.8) is 0 Å². The molecule has 21 heavy (non-hydrogen) atoms. The summed E-state index contributed by atoms with van der Waals surface area (Å²) in [4.78, 5) is 23.0. The van der Waals surface area contributed by atoms with E-state index in [-0.39, 0.29) is 18.6 Å². The van der Waals surface area contributed by atoms with Gasteiger partial charge in [0.1, 0.15) is 11.8 Å². The van der Waals surface area contributed by atoms with E-state index in [4.69, 9.17) is 9.47 Å². The number of rotatable bonds is 5. The van der Waals surface area contributed by atoms with E-state index in [1.54, 1.807) is 24.3 Å². The van der Waals surface area contributed by atoms with Gasteiger partial charge in [0.15, 0.2) is 6.61 Å². The average Bonchev–Trinajstić information content (AvgIpc) is 2.53. The van der Waals surface area contributed by atoms with Crippen molar-refractivity contribution in [2.45, 2.75) is 6.04 Å². The first-order valence-corrected chi connectivity index (χ1v) is 6.60. The smallest absolute Gasteiger partial charge is 0.343 e. The normalized spacial score (nSPS) is 17.9.